The Kier molecular flexibility index (Phi) is 11.2. The normalized spacial score (nSPS) is 15.8. The molecular weight excluding hydrogens is 440 g/mol. The van der Waals surface area contributed by atoms with Crippen molar-refractivity contribution in [3.63, 3.8) is 0 Å². The quantitative estimate of drug-likeness (QED) is 0.153. The molecule has 1 rings (SSSR count). The number of nitrogens with zero attached hydrogens (tertiary/aromatic N) is 1. The van der Waals surface area contributed by atoms with E-state index in [0.717, 1.165) is 0 Å². The van der Waals surface area contributed by atoms with E-state index in [9.17, 15) is 24.3 Å². The van der Waals surface area contributed by atoms with E-state index in [2.05, 4.69) is 38.5 Å². The molecule has 0 aliphatic rings. The maximum absolute atomic E-state index is 12.9. The molecule has 0 saturated carbocycles. The minimum absolute atomic E-state index is 0.00859. The number of hydrogen-bond donors (Lipinski definition) is 8. The van der Waals surface area contributed by atoms with Crippen LogP contribution in [0.15, 0.2) is 12.5 Å². The van der Waals surface area contributed by atoms with E-state index < -0.39 is 54.0 Å². The summed E-state index contributed by atoms with van der Waals surface area (Å²) in [4.78, 5) is 55.7. The number of nitrogens with one attached hydrogen (secondary N) is 4. The van der Waals surface area contributed by atoms with Gasteiger partial charge in [0.05, 0.1) is 18.5 Å². The number of amides is 3. The number of nitrogens with two attached hydrogens (primary N) is 1. The molecule has 0 radical (unpaired) electrons. The van der Waals surface area contributed by atoms with Crippen LogP contribution in [0.5, 0.6) is 0 Å². The Morgan fingerprint density at radius 3 is 2.19 bits per heavy atom. The number of hydrogen-bond acceptors (Lipinski definition) is 8. The van der Waals surface area contributed by atoms with Crippen molar-refractivity contribution in [2.75, 3.05) is 5.75 Å². The van der Waals surface area contributed by atoms with Crippen LogP contribution >= 0.6 is 12.6 Å². The van der Waals surface area contributed by atoms with Crippen molar-refractivity contribution < 1.29 is 29.4 Å². The predicted molar refractivity (Wildman–Crippen MR) is 119 cm³/mol. The van der Waals surface area contributed by atoms with Gasteiger partial charge in [-0.1, -0.05) is 13.8 Å². The van der Waals surface area contributed by atoms with Crippen LogP contribution in [0.2, 0.25) is 0 Å². The SMILES string of the molecule is CC(C)CC(NC(=O)C(N)Cc1cnc[nH]1)C(=O)NC(C(=O)NC(CS)C(=O)O)C(C)O. The summed E-state index contributed by atoms with van der Waals surface area (Å²) >= 11 is 3.87. The third kappa shape index (κ3) is 8.85. The lowest BCUT2D eigenvalue weighted by atomic mass is 10.0. The zero-order valence-electron chi connectivity index (χ0n) is 18.2. The molecule has 0 aliphatic heterocycles. The minimum Gasteiger partial charge on any atom is -0.480 e. The van der Waals surface area contributed by atoms with E-state index >= 15 is 0 Å². The molecule has 0 saturated heterocycles. The number of carboxylic acid groups (broad SMARTS) is 1. The molecule has 13 heteroatoms. The molecule has 0 bridgehead atoms. The number of aromatic nitrogens is 2. The lowest BCUT2D eigenvalue weighted by molar-refractivity contribution is -0.142. The van der Waals surface area contributed by atoms with Crippen LogP contribution in [0.1, 0.15) is 32.9 Å². The van der Waals surface area contributed by atoms with E-state index in [1.54, 1.807) is 0 Å². The van der Waals surface area contributed by atoms with Crippen LogP contribution in [-0.4, -0.2) is 79.9 Å². The Morgan fingerprint density at radius 1 is 1.09 bits per heavy atom. The first-order valence-electron chi connectivity index (χ1n) is 10.1. The highest BCUT2D eigenvalue weighted by atomic mass is 32.1. The first-order chi connectivity index (χ1) is 15.0. The molecule has 180 valence electrons. The summed E-state index contributed by atoms with van der Waals surface area (Å²) in [6.07, 6.45) is 2.09. The molecule has 0 aliphatic carbocycles. The molecule has 8 N–H and O–H groups in total. The smallest absolute Gasteiger partial charge is 0.327 e. The van der Waals surface area contributed by atoms with E-state index in [1.807, 2.05) is 13.8 Å². The number of aliphatic carboxylic acids is 1. The van der Waals surface area contributed by atoms with E-state index in [0.29, 0.717) is 5.69 Å². The van der Waals surface area contributed by atoms with E-state index in [-0.39, 0.29) is 24.5 Å². The highest BCUT2D eigenvalue weighted by Crippen LogP contribution is 2.08. The van der Waals surface area contributed by atoms with Gasteiger partial charge in [0.2, 0.25) is 17.7 Å². The summed E-state index contributed by atoms with van der Waals surface area (Å²) in [5, 5.41) is 26.2. The van der Waals surface area contributed by atoms with Crippen molar-refractivity contribution in [2.24, 2.45) is 11.7 Å². The fraction of sp³-hybridized carbons (Fsp3) is 0.632. The molecule has 0 aromatic carbocycles. The number of rotatable bonds is 13. The summed E-state index contributed by atoms with van der Waals surface area (Å²) in [6.45, 7) is 4.97. The van der Waals surface area contributed by atoms with Gasteiger partial charge in [0.15, 0.2) is 0 Å². The Balaban J connectivity index is 2.87. The largest absolute Gasteiger partial charge is 0.480 e. The minimum atomic E-state index is -1.44. The summed E-state index contributed by atoms with van der Waals surface area (Å²) in [6, 6.07) is -4.70. The maximum atomic E-state index is 12.9. The number of carbonyl (C=O) groups excluding carboxylic acids is 3. The molecule has 0 spiro atoms. The number of thiol groups is 1. The van der Waals surface area contributed by atoms with Crippen molar-refractivity contribution in [2.45, 2.75) is 63.9 Å². The summed E-state index contributed by atoms with van der Waals surface area (Å²) in [7, 11) is 0. The molecule has 1 aromatic heterocycles. The Bertz CT molecular complexity index is 772. The number of aromatic amines is 1. The van der Waals surface area contributed by atoms with Gasteiger partial charge in [0.25, 0.3) is 0 Å². The number of aliphatic hydroxyl groups excluding tert-OH is 1. The molecule has 5 unspecified atom stereocenters. The van der Waals surface area contributed by atoms with E-state index in [4.69, 9.17) is 10.8 Å². The van der Waals surface area contributed by atoms with Gasteiger partial charge in [-0.15, -0.1) is 0 Å². The monoisotopic (exact) mass is 472 g/mol. The average molecular weight is 473 g/mol. The second-order valence-corrected chi connectivity index (χ2v) is 8.25. The Labute approximate surface area is 191 Å². The van der Waals surface area contributed by atoms with Crippen molar-refractivity contribution >= 4 is 36.3 Å². The summed E-state index contributed by atoms with van der Waals surface area (Å²) in [5.74, 6) is -3.64. The molecule has 5 atom stereocenters. The molecule has 1 heterocycles. The number of carboxylic acids is 1. The first kappa shape index (κ1) is 27.4. The maximum Gasteiger partial charge on any atom is 0.327 e. The van der Waals surface area contributed by atoms with Gasteiger partial charge in [-0.3, -0.25) is 14.4 Å². The van der Waals surface area contributed by atoms with E-state index in [1.165, 1.54) is 19.4 Å². The fourth-order valence-electron chi connectivity index (χ4n) is 2.81. The third-order valence-electron chi connectivity index (χ3n) is 4.53. The van der Waals surface area contributed by atoms with Gasteiger partial charge < -0.3 is 36.9 Å². The van der Waals surface area contributed by atoms with Crippen LogP contribution in [0.3, 0.4) is 0 Å². The fourth-order valence-corrected chi connectivity index (χ4v) is 3.06. The number of imidazole rings is 1. The number of H-pyrrole nitrogens is 1. The van der Waals surface area contributed by atoms with Crippen molar-refractivity contribution in [3.05, 3.63) is 18.2 Å². The highest BCUT2D eigenvalue weighted by molar-refractivity contribution is 7.80. The predicted octanol–water partition coefficient (Wildman–Crippen LogP) is -1.82. The van der Waals surface area contributed by atoms with Crippen LogP contribution in [-0.2, 0) is 25.6 Å². The standard InChI is InChI=1S/C19H32N6O6S/c1-9(2)4-13(23-16(27)12(20)5-11-6-21-8-22-11)17(28)25-15(10(3)26)18(29)24-14(7-32)19(30)31/h6,8-10,12-15,26,32H,4-5,7,20H2,1-3H3,(H,21,22)(H,23,27)(H,24,29)(H,25,28)(H,30,31). The van der Waals surface area contributed by atoms with Gasteiger partial charge in [-0.05, 0) is 19.3 Å². The zero-order valence-corrected chi connectivity index (χ0v) is 19.1. The van der Waals surface area contributed by atoms with Crippen molar-refractivity contribution in [1.82, 2.24) is 25.9 Å². The van der Waals surface area contributed by atoms with Crippen LogP contribution < -0.4 is 21.7 Å². The Hall–Kier alpha value is -2.64. The topological polar surface area (TPSA) is 200 Å². The van der Waals surface area contributed by atoms with Gasteiger partial charge >= 0.3 is 5.97 Å². The van der Waals surface area contributed by atoms with Crippen LogP contribution in [0.4, 0.5) is 0 Å². The van der Waals surface area contributed by atoms with Crippen molar-refractivity contribution in [3.8, 4) is 0 Å². The number of aliphatic hydroxyl groups is 1. The second-order valence-electron chi connectivity index (χ2n) is 7.89. The average Bonchev–Trinajstić information content (AvgIpc) is 3.21. The number of carbonyl (C=O) groups is 4. The summed E-state index contributed by atoms with van der Waals surface area (Å²) in [5.41, 5.74) is 6.58. The zero-order chi connectivity index (χ0) is 24.4. The van der Waals surface area contributed by atoms with Gasteiger partial charge in [0.1, 0.15) is 18.1 Å². The molecule has 0 fully saturated rings. The van der Waals surface area contributed by atoms with Crippen LogP contribution in [0, 0.1) is 5.92 Å². The van der Waals surface area contributed by atoms with Gasteiger partial charge in [0, 0.05) is 24.1 Å². The van der Waals surface area contributed by atoms with Crippen LogP contribution in [0.25, 0.3) is 0 Å². The molecule has 12 nitrogen and oxygen atoms in total. The van der Waals surface area contributed by atoms with Crippen molar-refractivity contribution in [1.29, 1.82) is 0 Å². The Morgan fingerprint density at radius 2 is 1.72 bits per heavy atom. The second kappa shape index (κ2) is 13.0. The van der Waals surface area contributed by atoms with Gasteiger partial charge in [-0.25, -0.2) is 9.78 Å². The molecule has 32 heavy (non-hydrogen) atoms. The molecular formula is C19H32N6O6S. The lowest BCUT2D eigenvalue weighted by Crippen LogP contribution is -2.60. The highest BCUT2D eigenvalue weighted by Gasteiger charge is 2.32. The van der Waals surface area contributed by atoms with Gasteiger partial charge in [-0.2, -0.15) is 12.6 Å². The molecule has 1 aromatic rings. The lowest BCUT2D eigenvalue weighted by Gasteiger charge is -2.27. The first-order valence-corrected chi connectivity index (χ1v) is 10.7. The third-order valence-corrected chi connectivity index (χ3v) is 4.90. The molecule has 3 amide bonds. The summed E-state index contributed by atoms with van der Waals surface area (Å²) < 4.78 is 0.